The molecule has 1 aliphatic carbocycles. The summed E-state index contributed by atoms with van der Waals surface area (Å²) in [5.41, 5.74) is -1.63. The summed E-state index contributed by atoms with van der Waals surface area (Å²) in [4.78, 5) is 16.1. The normalized spacial score (nSPS) is 20.9. The van der Waals surface area contributed by atoms with Crippen molar-refractivity contribution in [1.29, 1.82) is 0 Å². The van der Waals surface area contributed by atoms with Crippen molar-refractivity contribution >= 4 is 5.91 Å². The van der Waals surface area contributed by atoms with Crippen molar-refractivity contribution in [2.45, 2.75) is 50.2 Å². The molecule has 4 nitrogen and oxygen atoms in total. The SMILES string of the molecule is O=C(Cc1ccnc(-c2cc(F)cc(F)c2)c1C(F)F)N[C@@H]1[C@@H](O)CCCC1(F)F. The monoisotopic (exact) mass is 432 g/mol. The molecule has 2 aromatic rings. The standard InChI is InChI=1S/C20H18F6N2O2/c21-12-6-11(7-13(22)9-12)17-16(19(23)24)10(3-5-27-17)8-15(30)28-18-14(29)2-1-4-20(18,25)26/h3,5-7,9,14,18-19,29H,1-2,4,8H2,(H,28,30)/t14-,18+/m0/s1. The van der Waals surface area contributed by atoms with Crippen molar-refractivity contribution in [3.63, 3.8) is 0 Å². The third-order valence-electron chi connectivity index (χ3n) is 4.95. The van der Waals surface area contributed by atoms with E-state index < -0.39 is 66.1 Å². The van der Waals surface area contributed by atoms with E-state index in [-0.39, 0.29) is 24.0 Å². The first-order chi connectivity index (χ1) is 14.1. The number of aromatic nitrogens is 1. The molecule has 1 amide bonds. The molecule has 0 bridgehead atoms. The van der Waals surface area contributed by atoms with Crippen LogP contribution in [0.2, 0.25) is 0 Å². The van der Waals surface area contributed by atoms with E-state index in [1.807, 2.05) is 5.32 Å². The Morgan fingerprint density at radius 3 is 2.50 bits per heavy atom. The lowest BCUT2D eigenvalue weighted by molar-refractivity contribution is -0.136. The summed E-state index contributed by atoms with van der Waals surface area (Å²) >= 11 is 0. The molecule has 2 atom stereocenters. The first-order valence-corrected chi connectivity index (χ1v) is 9.16. The van der Waals surface area contributed by atoms with Crippen molar-refractivity contribution in [3.05, 3.63) is 53.2 Å². The zero-order valence-corrected chi connectivity index (χ0v) is 15.5. The van der Waals surface area contributed by atoms with Crippen LogP contribution in [0.3, 0.4) is 0 Å². The Morgan fingerprint density at radius 1 is 1.23 bits per heavy atom. The van der Waals surface area contributed by atoms with E-state index in [1.165, 1.54) is 0 Å². The number of carbonyl (C=O) groups is 1. The Labute approximate surface area is 167 Å². The van der Waals surface area contributed by atoms with Crippen molar-refractivity contribution in [2.75, 3.05) is 0 Å². The topological polar surface area (TPSA) is 62.2 Å². The van der Waals surface area contributed by atoms with Gasteiger partial charge in [-0.05, 0) is 36.6 Å². The summed E-state index contributed by atoms with van der Waals surface area (Å²) in [5, 5.41) is 11.8. The Morgan fingerprint density at radius 2 is 1.90 bits per heavy atom. The third-order valence-corrected chi connectivity index (χ3v) is 4.95. The summed E-state index contributed by atoms with van der Waals surface area (Å²) in [6.07, 6.45) is -4.58. The fourth-order valence-corrected chi connectivity index (χ4v) is 3.58. The van der Waals surface area contributed by atoms with Crippen LogP contribution in [0.5, 0.6) is 0 Å². The number of alkyl halides is 4. The number of aliphatic hydroxyl groups is 1. The quantitative estimate of drug-likeness (QED) is 0.698. The van der Waals surface area contributed by atoms with Gasteiger partial charge in [0.2, 0.25) is 5.91 Å². The smallest absolute Gasteiger partial charge is 0.270 e. The van der Waals surface area contributed by atoms with Crippen molar-refractivity contribution < 1.29 is 36.2 Å². The molecule has 0 aliphatic heterocycles. The molecule has 1 fully saturated rings. The van der Waals surface area contributed by atoms with Crippen molar-refractivity contribution in [3.8, 4) is 11.3 Å². The van der Waals surface area contributed by atoms with Crippen LogP contribution >= 0.6 is 0 Å². The number of aliphatic hydroxyl groups excluding tert-OH is 1. The van der Waals surface area contributed by atoms with E-state index in [4.69, 9.17) is 0 Å². The van der Waals surface area contributed by atoms with Gasteiger partial charge in [0.05, 0.1) is 18.2 Å². The molecular weight excluding hydrogens is 414 g/mol. The maximum Gasteiger partial charge on any atom is 0.270 e. The number of rotatable bonds is 5. The van der Waals surface area contributed by atoms with Gasteiger partial charge in [0.1, 0.15) is 17.7 Å². The number of benzene rings is 1. The second-order valence-electron chi connectivity index (χ2n) is 7.13. The van der Waals surface area contributed by atoms with Crippen LogP contribution in [-0.2, 0) is 11.2 Å². The summed E-state index contributed by atoms with van der Waals surface area (Å²) in [6, 6.07) is 1.49. The number of halogens is 6. The van der Waals surface area contributed by atoms with Gasteiger partial charge in [-0.25, -0.2) is 26.3 Å². The van der Waals surface area contributed by atoms with E-state index in [9.17, 15) is 36.2 Å². The molecule has 1 saturated carbocycles. The Kier molecular flexibility index (Phi) is 6.35. The number of hydrogen-bond acceptors (Lipinski definition) is 3. The number of nitrogens with one attached hydrogen (secondary N) is 1. The first kappa shape index (κ1) is 22.1. The van der Waals surface area contributed by atoms with Gasteiger partial charge in [-0.15, -0.1) is 0 Å². The van der Waals surface area contributed by atoms with E-state index in [0.29, 0.717) is 6.07 Å². The number of nitrogens with zero attached hydrogens (tertiary/aromatic N) is 1. The van der Waals surface area contributed by atoms with Gasteiger partial charge in [-0.3, -0.25) is 9.78 Å². The lowest BCUT2D eigenvalue weighted by atomic mass is 9.88. The van der Waals surface area contributed by atoms with Gasteiger partial charge in [0.15, 0.2) is 0 Å². The highest BCUT2D eigenvalue weighted by atomic mass is 19.3. The molecule has 0 unspecified atom stereocenters. The minimum absolute atomic E-state index is 0.0767. The Hall–Kier alpha value is -2.62. The average Bonchev–Trinajstić information content (AvgIpc) is 2.63. The van der Waals surface area contributed by atoms with Crippen molar-refractivity contribution in [2.24, 2.45) is 0 Å². The molecule has 162 valence electrons. The maximum absolute atomic E-state index is 14.0. The molecule has 1 aliphatic rings. The first-order valence-electron chi connectivity index (χ1n) is 9.16. The number of pyridine rings is 1. The van der Waals surface area contributed by atoms with Crippen LogP contribution < -0.4 is 5.32 Å². The fraction of sp³-hybridized carbons (Fsp3) is 0.400. The van der Waals surface area contributed by atoms with Gasteiger partial charge >= 0.3 is 0 Å². The minimum Gasteiger partial charge on any atom is -0.391 e. The van der Waals surface area contributed by atoms with Crippen LogP contribution in [0.15, 0.2) is 30.5 Å². The number of carbonyl (C=O) groups excluding carboxylic acids is 1. The number of hydrogen-bond donors (Lipinski definition) is 2. The molecule has 2 N–H and O–H groups in total. The predicted octanol–water partition coefficient (Wildman–Crippen LogP) is 4.17. The molecule has 1 aromatic heterocycles. The van der Waals surface area contributed by atoms with Gasteiger partial charge in [0, 0.05) is 29.8 Å². The molecule has 1 aromatic carbocycles. The molecule has 0 saturated heterocycles. The summed E-state index contributed by atoms with van der Waals surface area (Å²) < 4.78 is 82.5. The van der Waals surface area contributed by atoms with Crippen LogP contribution in [0.4, 0.5) is 26.3 Å². The molecular formula is C20H18F6N2O2. The van der Waals surface area contributed by atoms with Gasteiger partial charge < -0.3 is 10.4 Å². The second-order valence-corrected chi connectivity index (χ2v) is 7.13. The highest BCUT2D eigenvalue weighted by Gasteiger charge is 2.47. The highest BCUT2D eigenvalue weighted by molar-refractivity contribution is 5.80. The molecule has 10 heteroatoms. The van der Waals surface area contributed by atoms with Crippen LogP contribution in [0, 0.1) is 11.6 Å². The van der Waals surface area contributed by atoms with Gasteiger partial charge in [-0.1, -0.05) is 0 Å². The predicted molar refractivity (Wildman–Crippen MR) is 95.0 cm³/mol. The van der Waals surface area contributed by atoms with Crippen LogP contribution in [0.1, 0.15) is 36.8 Å². The molecule has 3 rings (SSSR count). The van der Waals surface area contributed by atoms with E-state index in [1.54, 1.807) is 0 Å². The molecule has 1 heterocycles. The molecule has 0 spiro atoms. The van der Waals surface area contributed by atoms with Crippen molar-refractivity contribution in [1.82, 2.24) is 10.3 Å². The molecule has 30 heavy (non-hydrogen) atoms. The fourth-order valence-electron chi connectivity index (χ4n) is 3.58. The van der Waals surface area contributed by atoms with Crippen LogP contribution in [-0.4, -0.2) is 34.1 Å². The highest BCUT2D eigenvalue weighted by Crippen LogP contribution is 2.35. The van der Waals surface area contributed by atoms with Gasteiger partial charge in [0.25, 0.3) is 12.3 Å². The van der Waals surface area contributed by atoms with E-state index in [0.717, 1.165) is 24.4 Å². The average molecular weight is 432 g/mol. The summed E-state index contributed by atoms with van der Waals surface area (Å²) in [6.45, 7) is 0. The van der Waals surface area contributed by atoms with Crippen LogP contribution in [0.25, 0.3) is 11.3 Å². The minimum atomic E-state index is -3.33. The number of amides is 1. The maximum atomic E-state index is 14.0. The van der Waals surface area contributed by atoms with Gasteiger partial charge in [-0.2, -0.15) is 0 Å². The Bertz CT molecular complexity index is 917. The lowest BCUT2D eigenvalue weighted by Gasteiger charge is -2.35. The second kappa shape index (κ2) is 8.63. The molecule has 0 radical (unpaired) electrons. The zero-order valence-electron chi connectivity index (χ0n) is 15.5. The lowest BCUT2D eigenvalue weighted by Crippen LogP contribution is -2.57. The zero-order chi connectivity index (χ0) is 22.1. The largest absolute Gasteiger partial charge is 0.391 e. The van der Waals surface area contributed by atoms with E-state index >= 15 is 0 Å². The third kappa shape index (κ3) is 4.75. The Balaban J connectivity index is 1.90. The van der Waals surface area contributed by atoms with E-state index in [2.05, 4.69) is 4.98 Å². The summed E-state index contributed by atoms with van der Waals surface area (Å²) in [5.74, 6) is -6.32. The summed E-state index contributed by atoms with van der Waals surface area (Å²) in [7, 11) is 0.